The molecule has 0 aliphatic carbocycles. The SMILES string of the molecule is Cl.Cl.O=C1CN(CCC2CCNCC2)CCN1. The van der Waals surface area contributed by atoms with E-state index < -0.39 is 0 Å². The van der Waals surface area contributed by atoms with Gasteiger partial charge in [0.2, 0.25) is 5.91 Å². The summed E-state index contributed by atoms with van der Waals surface area (Å²) in [5.41, 5.74) is 0. The van der Waals surface area contributed by atoms with Crippen molar-refractivity contribution in [1.82, 2.24) is 15.5 Å². The maximum atomic E-state index is 11.2. The quantitative estimate of drug-likeness (QED) is 0.800. The number of piperidine rings is 1. The predicted octanol–water partition coefficient (Wildman–Crippen LogP) is 0.651. The third-order valence-corrected chi connectivity index (χ3v) is 3.43. The van der Waals surface area contributed by atoms with Gasteiger partial charge in [0.1, 0.15) is 0 Å². The summed E-state index contributed by atoms with van der Waals surface area (Å²) in [4.78, 5) is 13.4. The zero-order valence-electron chi connectivity index (χ0n) is 10.1. The molecule has 2 rings (SSSR count). The first-order valence-electron chi connectivity index (χ1n) is 6.04. The fourth-order valence-corrected chi connectivity index (χ4v) is 2.42. The highest BCUT2D eigenvalue weighted by molar-refractivity contribution is 5.85. The molecule has 2 heterocycles. The predicted molar refractivity (Wildman–Crippen MR) is 74.2 cm³/mol. The first-order chi connectivity index (χ1) is 7.34. The molecule has 2 fully saturated rings. The van der Waals surface area contributed by atoms with Gasteiger partial charge in [-0.25, -0.2) is 0 Å². The van der Waals surface area contributed by atoms with Crippen LogP contribution in [0, 0.1) is 5.92 Å². The molecule has 6 heteroatoms. The monoisotopic (exact) mass is 283 g/mol. The van der Waals surface area contributed by atoms with Crippen LogP contribution >= 0.6 is 24.8 Å². The van der Waals surface area contributed by atoms with Crippen LogP contribution < -0.4 is 10.6 Å². The number of piperazine rings is 1. The second-order valence-corrected chi connectivity index (χ2v) is 4.61. The molecule has 0 spiro atoms. The summed E-state index contributed by atoms with van der Waals surface area (Å²) in [6, 6.07) is 0. The van der Waals surface area contributed by atoms with Gasteiger partial charge in [-0.3, -0.25) is 9.69 Å². The Kier molecular flexibility index (Phi) is 8.96. The summed E-state index contributed by atoms with van der Waals surface area (Å²) in [6.45, 7) is 5.89. The molecule has 2 N–H and O–H groups in total. The number of nitrogens with one attached hydrogen (secondary N) is 2. The smallest absolute Gasteiger partial charge is 0.234 e. The van der Waals surface area contributed by atoms with Crippen molar-refractivity contribution in [3.05, 3.63) is 0 Å². The number of rotatable bonds is 3. The van der Waals surface area contributed by atoms with Crippen LogP contribution in [0.2, 0.25) is 0 Å². The molecule has 2 saturated heterocycles. The highest BCUT2D eigenvalue weighted by Crippen LogP contribution is 2.16. The van der Waals surface area contributed by atoms with Gasteiger partial charge in [-0.05, 0) is 44.8 Å². The van der Waals surface area contributed by atoms with Gasteiger partial charge in [-0.2, -0.15) is 0 Å². The van der Waals surface area contributed by atoms with Crippen molar-refractivity contribution < 1.29 is 4.79 Å². The molecule has 0 radical (unpaired) electrons. The van der Waals surface area contributed by atoms with E-state index in [1.807, 2.05) is 0 Å². The van der Waals surface area contributed by atoms with Crippen molar-refractivity contribution in [2.24, 2.45) is 5.92 Å². The van der Waals surface area contributed by atoms with E-state index in [2.05, 4.69) is 15.5 Å². The van der Waals surface area contributed by atoms with Gasteiger partial charge in [-0.1, -0.05) is 0 Å². The zero-order valence-corrected chi connectivity index (χ0v) is 11.7. The van der Waals surface area contributed by atoms with Crippen molar-refractivity contribution >= 4 is 30.7 Å². The van der Waals surface area contributed by atoms with Crippen molar-refractivity contribution in [3.63, 3.8) is 0 Å². The number of halogens is 2. The lowest BCUT2D eigenvalue weighted by atomic mass is 9.94. The van der Waals surface area contributed by atoms with Crippen molar-refractivity contribution in [1.29, 1.82) is 0 Å². The standard InChI is InChI=1S/C11H21N3O.2ClH/c15-11-9-14(8-6-13-11)7-3-10-1-4-12-5-2-10;;/h10,12H,1-9H2,(H,13,15);2*1H. The summed E-state index contributed by atoms with van der Waals surface area (Å²) in [5, 5.41) is 6.24. The van der Waals surface area contributed by atoms with E-state index in [4.69, 9.17) is 0 Å². The molecule has 2 aliphatic rings. The van der Waals surface area contributed by atoms with E-state index in [0.29, 0.717) is 6.54 Å². The first-order valence-corrected chi connectivity index (χ1v) is 6.04. The lowest BCUT2D eigenvalue weighted by molar-refractivity contribution is -0.124. The molecule has 0 aromatic carbocycles. The van der Waals surface area contributed by atoms with Gasteiger partial charge in [0.05, 0.1) is 6.54 Å². The molecule has 0 unspecified atom stereocenters. The minimum Gasteiger partial charge on any atom is -0.354 e. The molecule has 2 aliphatic heterocycles. The first kappa shape index (κ1) is 17.0. The topological polar surface area (TPSA) is 44.4 Å². The number of amides is 1. The average molecular weight is 284 g/mol. The van der Waals surface area contributed by atoms with Crippen molar-refractivity contribution in [2.45, 2.75) is 19.3 Å². The second-order valence-electron chi connectivity index (χ2n) is 4.61. The van der Waals surface area contributed by atoms with Crippen LogP contribution in [0.3, 0.4) is 0 Å². The maximum absolute atomic E-state index is 11.2. The molecule has 0 aromatic rings. The Labute approximate surface area is 116 Å². The Morgan fingerprint density at radius 1 is 1.18 bits per heavy atom. The number of carbonyl (C=O) groups is 1. The number of hydrogen-bond acceptors (Lipinski definition) is 3. The van der Waals surface area contributed by atoms with E-state index >= 15 is 0 Å². The third-order valence-electron chi connectivity index (χ3n) is 3.43. The molecule has 0 bridgehead atoms. The van der Waals surface area contributed by atoms with E-state index in [-0.39, 0.29) is 30.7 Å². The lowest BCUT2D eigenvalue weighted by Gasteiger charge is -2.29. The van der Waals surface area contributed by atoms with E-state index in [1.54, 1.807) is 0 Å². The van der Waals surface area contributed by atoms with E-state index in [0.717, 1.165) is 25.6 Å². The van der Waals surface area contributed by atoms with Crippen LogP contribution in [0.5, 0.6) is 0 Å². The Balaban J connectivity index is 0.00000128. The summed E-state index contributed by atoms with van der Waals surface area (Å²) in [7, 11) is 0. The molecular formula is C11H23Cl2N3O. The van der Waals surface area contributed by atoms with E-state index in [9.17, 15) is 4.79 Å². The second kappa shape index (κ2) is 8.97. The van der Waals surface area contributed by atoms with Crippen LogP contribution in [-0.2, 0) is 4.79 Å². The highest BCUT2D eigenvalue weighted by atomic mass is 35.5. The minimum absolute atomic E-state index is 0. The fourth-order valence-electron chi connectivity index (χ4n) is 2.42. The van der Waals surface area contributed by atoms with Crippen LogP contribution in [0.15, 0.2) is 0 Å². The minimum atomic E-state index is 0. The summed E-state index contributed by atoms with van der Waals surface area (Å²) in [6.07, 6.45) is 3.87. The highest BCUT2D eigenvalue weighted by Gasteiger charge is 2.18. The fraction of sp³-hybridized carbons (Fsp3) is 0.909. The van der Waals surface area contributed by atoms with Gasteiger partial charge >= 0.3 is 0 Å². The maximum Gasteiger partial charge on any atom is 0.234 e. The molecule has 0 saturated carbocycles. The number of hydrogen-bond donors (Lipinski definition) is 2. The van der Waals surface area contributed by atoms with Gasteiger partial charge < -0.3 is 10.6 Å². The normalized spacial score (nSPS) is 22.2. The van der Waals surface area contributed by atoms with Gasteiger partial charge in [0.25, 0.3) is 0 Å². The molecular weight excluding hydrogens is 261 g/mol. The summed E-state index contributed by atoms with van der Waals surface area (Å²) >= 11 is 0. The Morgan fingerprint density at radius 3 is 2.53 bits per heavy atom. The van der Waals surface area contributed by atoms with Crippen LogP contribution in [0.1, 0.15) is 19.3 Å². The van der Waals surface area contributed by atoms with Gasteiger partial charge in [-0.15, -0.1) is 24.8 Å². The molecule has 1 amide bonds. The molecule has 17 heavy (non-hydrogen) atoms. The largest absolute Gasteiger partial charge is 0.354 e. The van der Waals surface area contributed by atoms with Crippen LogP contribution in [-0.4, -0.2) is 50.1 Å². The lowest BCUT2D eigenvalue weighted by Crippen LogP contribution is -2.48. The third kappa shape index (κ3) is 5.91. The van der Waals surface area contributed by atoms with Gasteiger partial charge in [0.15, 0.2) is 0 Å². The Hall–Kier alpha value is -0.0300. The molecule has 102 valence electrons. The molecule has 0 aromatic heterocycles. The van der Waals surface area contributed by atoms with Gasteiger partial charge in [0, 0.05) is 13.1 Å². The summed E-state index contributed by atoms with van der Waals surface area (Å²) in [5.74, 6) is 1.06. The summed E-state index contributed by atoms with van der Waals surface area (Å²) < 4.78 is 0. The van der Waals surface area contributed by atoms with Crippen molar-refractivity contribution in [2.75, 3.05) is 39.3 Å². The Morgan fingerprint density at radius 2 is 1.88 bits per heavy atom. The molecule has 4 nitrogen and oxygen atoms in total. The van der Waals surface area contributed by atoms with E-state index in [1.165, 1.54) is 32.4 Å². The van der Waals surface area contributed by atoms with Crippen LogP contribution in [0.4, 0.5) is 0 Å². The zero-order chi connectivity index (χ0) is 10.5. The van der Waals surface area contributed by atoms with Crippen molar-refractivity contribution in [3.8, 4) is 0 Å². The van der Waals surface area contributed by atoms with Crippen LogP contribution in [0.25, 0.3) is 0 Å². The average Bonchev–Trinajstić information content (AvgIpc) is 2.28. The number of carbonyl (C=O) groups excluding carboxylic acids is 1. The molecule has 0 atom stereocenters. The number of nitrogens with zero attached hydrogens (tertiary/aromatic N) is 1. The Bertz CT molecular complexity index is 223.